The average molecular weight is 250 g/mol. The van der Waals surface area contributed by atoms with Crippen molar-refractivity contribution in [2.75, 3.05) is 6.61 Å². The number of hydrogen-bond acceptors (Lipinski definition) is 3. The van der Waals surface area contributed by atoms with Crippen LogP contribution in [0.1, 0.15) is 62.1 Å². The van der Waals surface area contributed by atoms with Crippen LogP contribution in [-0.4, -0.2) is 16.6 Å². The molecule has 2 heterocycles. The van der Waals surface area contributed by atoms with E-state index in [-0.39, 0.29) is 6.10 Å². The number of nitrogens with zero attached hydrogens (tertiary/aromatic N) is 1. The molecule has 3 nitrogen and oxygen atoms in total. The Bertz CT molecular complexity index is 408. The predicted octanol–water partition coefficient (Wildman–Crippen LogP) is 3.65. The van der Waals surface area contributed by atoms with Crippen molar-refractivity contribution < 1.29 is 4.74 Å². The van der Waals surface area contributed by atoms with Gasteiger partial charge in [-0.25, -0.2) is 4.98 Å². The summed E-state index contributed by atoms with van der Waals surface area (Å²) < 4.78 is 6.38. The molecule has 92 valence electrons. The van der Waals surface area contributed by atoms with Gasteiger partial charge in [-0.05, 0) is 37.7 Å². The first-order chi connectivity index (χ1) is 8.33. The van der Waals surface area contributed by atoms with Crippen LogP contribution in [0.5, 0.6) is 0 Å². The van der Waals surface area contributed by atoms with Crippen LogP contribution in [0.4, 0.5) is 0 Å². The molecule has 1 N–H and O–H groups in total. The molecule has 0 spiro atoms. The fourth-order valence-corrected chi connectivity index (χ4v) is 3.12. The van der Waals surface area contributed by atoms with Gasteiger partial charge in [-0.3, -0.25) is 0 Å². The molecule has 0 bridgehead atoms. The molecule has 1 aromatic heterocycles. The molecule has 1 atom stereocenters. The van der Waals surface area contributed by atoms with Gasteiger partial charge >= 0.3 is 0 Å². The molecule has 0 amide bonds. The van der Waals surface area contributed by atoms with Crippen LogP contribution in [0.3, 0.4) is 0 Å². The zero-order valence-electron chi connectivity index (χ0n) is 9.95. The Morgan fingerprint density at radius 2 is 2.06 bits per heavy atom. The van der Waals surface area contributed by atoms with Crippen LogP contribution in [0.2, 0.25) is 0 Å². The molecular formula is C13H18N2OS. The van der Waals surface area contributed by atoms with Gasteiger partial charge in [0.1, 0.15) is 16.6 Å². The Morgan fingerprint density at radius 1 is 1.24 bits per heavy atom. The van der Waals surface area contributed by atoms with Crippen LogP contribution in [0.15, 0.2) is 6.07 Å². The van der Waals surface area contributed by atoms with E-state index in [4.69, 9.17) is 17.0 Å². The minimum atomic E-state index is 0.137. The molecule has 1 aliphatic carbocycles. The first-order valence-electron chi connectivity index (χ1n) is 6.56. The van der Waals surface area contributed by atoms with E-state index in [0.29, 0.717) is 10.6 Å². The van der Waals surface area contributed by atoms with Gasteiger partial charge in [0.15, 0.2) is 0 Å². The van der Waals surface area contributed by atoms with Gasteiger partial charge < -0.3 is 9.72 Å². The molecule has 2 aliphatic rings. The van der Waals surface area contributed by atoms with Crippen molar-refractivity contribution in [3.63, 3.8) is 0 Å². The number of hydrogen-bond donors (Lipinski definition) is 1. The Balaban J connectivity index is 1.91. The number of aromatic nitrogens is 2. The van der Waals surface area contributed by atoms with Crippen LogP contribution in [0, 0.1) is 4.64 Å². The second kappa shape index (κ2) is 4.86. The number of rotatable bonds is 2. The third-order valence-corrected chi connectivity index (χ3v) is 4.02. The second-order valence-corrected chi connectivity index (χ2v) is 5.46. The van der Waals surface area contributed by atoms with Crippen molar-refractivity contribution in [2.24, 2.45) is 0 Å². The first-order valence-corrected chi connectivity index (χ1v) is 6.96. The van der Waals surface area contributed by atoms with Gasteiger partial charge in [-0.15, -0.1) is 0 Å². The first kappa shape index (κ1) is 11.4. The molecule has 4 heteroatoms. The number of H-pyrrole nitrogens is 1. The van der Waals surface area contributed by atoms with Crippen LogP contribution >= 0.6 is 12.2 Å². The summed E-state index contributed by atoms with van der Waals surface area (Å²) in [6.45, 7) is 0.848. The molecule has 1 unspecified atom stereocenters. The van der Waals surface area contributed by atoms with Crippen molar-refractivity contribution >= 4 is 12.2 Å². The highest BCUT2D eigenvalue weighted by Crippen LogP contribution is 2.34. The quantitative estimate of drug-likeness (QED) is 0.814. The van der Waals surface area contributed by atoms with Crippen LogP contribution in [0.25, 0.3) is 0 Å². The zero-order valence-corrected chi connectivity index (χ0v) is 10.8. The molecule has 2 fully saturated rings. The maximum Gasteiger partial charge on any atom is 0.137 e. The summed E-state index contributed by atoms with van der Waals surface area (Å²) in [6.07, 6.45) is 7.55. The summed E-state index contributed by atoms with van der Waals surface area (Å²) in [5, 5.41) is 0. The number of ether oxygens (including phenoxy) is 1. The van der Waals surface area contributed by atoms with Gasteiger partial charge in [0.05, 0.1) is 0 Å². The Morgan fingerprint density at radius 3 is 2.76 bits per heavy atom. The summed E-state index contributed by atoms with van der Waals surface area (Å²) in [7, 11) is 0. The molecule has 17 heavy (non-hydrogen) atoms. The maximum atomic E-state index is 5.67. The average Bonchev–Trinajstić information content (AvgIpc) is 3.02. The van der Waals surface area contributed by atoms with Crippen molar-refractivity contribution in [1.82, 2.24) is 9.97 Å². The minimum absolute atomic E-state index is 0.137. The Labute approximate surface area is 107 Å². The fraction of sp³-hybridized carbons (Fsp3) is 0.692. The molecule has 1 saturated heterocycles. The lowest BCUT2D eigenvalue weighted by molar-refractivity contribution is 0.104. The maximum absolute atomic E-state index is 5.67. The number of nitrogens with one attached hydrogen (secondary N) is 1. The summed E-state index contributed by atoms with van der Waals surface area (Å²) in [4.78, 5) is 7.89. The smallest absolute Gasteiger partial charge is 0.137 e. The van der Waals surface area contributed by atoms with Gasteiger partial charge in [0.25, 0.3) is 0 Å². The van der Waals surface area contributed by atoms with E-state index in [1.807, 2.05) is 6.07 Å². The highest BCUT2D eigenvalue weighted by Gasteiger charge is 2.23. The summed E-state index contributed by atoms with van der Waals surface area (Å²) in [6, 6.07) is 2.03. The molecule has 1 saturated carbocycles. The lowest BCUT2D eigenvalue weighted by atomic mass is 10.0. The Hall–Kier alpha value is -0.740. The highest BCUT2D eigenvalue weighted by atomic mass is 32.1. The monoisotopic (exact) mass is 250 g/mol. The van der Waals surface area contributed by atoms with Crippen LogP contribution < -0.4 is 0 Å². The largest absolute Gasteiger partial charge is 0.370 e. The topological polar surface area (TPSA) is 37.9 Å². The summed E-state index contributed by atoms with van der Waals surface area (Å²) in [5.74, 6) is 1.59. The van der Waals surface area contributed by atoms with E-state index in [1.54, 1.807) is 0 Å². The third-order valence-electron chi connectivity index (χ3n) is 3.81. The minimum Gasteiger partial charge on any atom is -0.370 e. The van der Waals surface area contributed by atoms with Crippen molar-refractivity contribution in [2.45, 2.75) is 50.5 Å². The zero-order chi connectivity index (χ0) is 11.7. The van der Waals surface area contributed by atoms with E-state index >= 15 is 0 Å². The fourth-order valence-electron chi connectivity index (χ4n) is 2.90. The highest BCUT2D eigenvalue weighted by molar-refractivity contribution is 7.71. The lowest BCUT2D eigenvalue weighted by Gasteiger charge is -2.14. The lowest BCUT2D eigenvalue weighted by Crippen LogP contribution is -2.07. The molecule has 0 aromatic carbocycles. The van der Waals surface area contributed by atoms with Gasteiger partial charge in [0, 0.05) is 12.3 Å². The third kappa shape index (κ3) is 2.43. The summed E-state index contributed by atoms with van der Waals surface area (Å²) in [5.41, 5.74) is 1.27. The standard InChI is InChI=1S/C13H18N2OS/c17-12-8-10(9-4-1-2-5-9)14-13(15-12)11-6-3-7-16-11/h8-9,11H,1-7H2,(H,14,15,17). The molecule has 1 aromatic rings. The van der Waals surface area contributed by atoms with Crippen LogP contribution in [-0.2, 0) is 4.74 Å². The molecule has 0 radical (unpaired) electrons. The van der Waals surface area contributed by atoms with Gasteiger partial charge in [-0.1, -0.05) is 25.1 Å². The van der Waals surface area contributed by atoms with Crippen molar-refractivity contribution in [3.05, 3.63) is 22.2 Å². The summed E-state index contributed by atoms with van der Waals surface area (Å²) >= 11 is 5.27. The van der Waals surface area contributed by atoms with Crippen molar-refractivity contribution in [1.29, 1.82) is 0 Å². The van der Waals surface area contributed by atoms with E-state index in [9.17, 15) is 0 Å². The second-order valence-electron chi connectivity index (χ2n) is 5.04. The normalized spacial score (nSPS) is 25.5. The van der Waals surface area contributed by atoms with E-state index in [1.165, 1.54) is 31.4 Å². The SMILES string of the molecule is S=c1cc(C2CCCC2)[nH]c(C2CCCO2)n1. The van der Waals surface area contributed by atoms with E-state index in [2.05, 4.69) is 9.97 Å². The predicted molar refractivity (Wildman–Crippen MR) is 68.6 cm³/mol. The van der Waals surface area contributed by atoms with Gasteiger partial charge in [0.2, 0.25) is 0 Å². The molecule has 3 rings (SSSR count). The van der Waals surface area contributed by atoms with E-state index < -0.39 is 0 Å². The van der Waals surface area contributed by atoms with E-state index in [0.717, 1.165) is 25.3 Å². The van der Waals surface area contributed by atoms with Gasteiger partial charge in [-0.2, -0.15) is 0 Å². The molecule has 1 aliphatic heterocycles. The molecular weight excluding hydrogens is 232 g/mol. The van der Waals surface area contributed by atoms with Crippen molar-refractivity contribution in [3.8, 4) is 0 Å². The Kier molecular flexibility index (Phi) is 3.25. The number of aromatic amines is 1.